The van der Waals surface area contributed by atoms with E-state index in [1.165, 1.54) is 54.2 Å². The van der Waals surface area contributed by atoms with Gasteiger partial charge in [-0.3, -0.25) is 4.99 Å². The van der Waals surface area contributed by atoms with E-state index in [1.807, 2.05) is 25.1 Å². The second-order valence-corrected chi connectivity index (χ2v) is 9.16. The summed E-state index contributed by atoms with van der Waals surface area (Å²) >= 11 is 0. The van der Waals surface area contributed by atoms with Gasteiger partial charge in [0.15, 0.2) is 0 Å². The Morgan fingerprint density at radius 3 is 1.97 bits per heavy atom. The lowest BCUT2D eigenvalue weighted by Gasteiger charge is -2.06. The molecule has 0 amide bonds. The number of rotatable bonds is 9. The molecule has 1 nitrogen and oxygen atoms in total. The standard InChI is InChI=1S/C14H13N.C12H16.C7H16/c1-10(2)12-8-11-6-4-5-7-13(11)14(9-12)15-3;1-10(2)4-7-12-8-5-11(3)6-9-12;1-3-5-7-6-4-2/h4-9H,1,3H2,2H3;5-6,8-9H,1,4,7H2,2-3H3;3-7H2,1-2H3. The Morgan fingerprint density at radius 1 is 0.824 bits per heavy atom. The molecular formula is C33H45N. The van der Waals surface area contributed by atoms with Gasteiger partial charge in [-0.15, -0.1) is 6.58 Å². The molecule has 0 saturated heterocycles. The SMILES string of the molecule is C=C(C)CCc1ccc(C)cc1.C=Nc1cc(C(=C)C)cc2ccccc12.CCCCCCC. The van der Waals surface area contributed by atoms with Gasteiger partial charge >= 0.3 is 0 Å². The highest BCUT2D eigenvalue weighted by molar-refractivity contribution is 5.95. The van der Waals surface area contributed by atoms with Crippen LogP contribution in [-0.2, 0) is 6.42 Å². The highest BCUT2D eigenvalue weighted by Crippen LogP contribution is 2.29. The maximum Gasteiger partial charge on any atom is 0.0706 e. The molecule has 0 radical (unpaired) electrons. The summed E-state index contributed by atoms with van der Waals surface area (Å²) in [5.74, 6) is 0. The van der Waals surface area contributed by atoms with E-state index >= 15 is 0 Å². The van der Waals surface area contributed by atoms with Gasteiger partial charge in [0.05, 0.1) is 5.69 Å². The topological polar surface area (TPSA) is 12.4 Å². The van der Waals surface area contributed by atoms with Gasteiger partial charge in [-0.2, -0.15) is 0 Å². The van der Waals surface area contributed by atoms with Crippen molar-refractivity contribution in [3.63, 3.8) is 0 Å². The molecule has 1 heteroatoms. The molecule has 0 atom stereocenters. The number of benzene rings is 3. The van der Waals surface area contributed by atoms with E-state index in [1.54, 1.807) is 0 Å². The van der Waals surface area contributed by atoms with E-state index < -0.39 is 0 Å². The third-order valence-electron chi connectivity index (χ3n) is 5.67. The van der Waals surface area contributed by atoms with Crippen molar-refractivity contribution in [1.82, 2.24) is 0 Å². The lowest BCUT2D eigenvalue weighted by molar-refractivity contribution is 0.656. The van der Waals surface area contributed by atoms with Crippen LogP contribution >= 0.6 is 0 Å². The van der Waals surface area contributed by atoms with Crippen molar-refractivity contribution in [1.29, 1.82) is 0 Å². The minimum atomic E-state index is 0.922. The van der Waals surface area contributed by atoms with Crippen molar-refractivity contribution in [2.45, 2.75) is 79.6 Å². The third-order valence-corrected chi connectivity index (χ3v) is 5.67. The van der Waals surface area contributed by atoms with Gasteiger partial charge in [0, 0.05) is 5.39 Å². The zero-order valence-electron chi connectivity index (χ0n) is 22.3. The maximum absolute atomic E-state index is 4.05. The number of hydrogen-bond donors (Lipinski definition) is 0. The molecule has 3 aromatic rings. The average molecular weight is 456 g/mol. The summed E-state index contributed by atoms with van der Waals surface area (Å²) in [5, 5.41) is 2.32. The van der Waals surface area contributed by atoms with Crippen LogP contribution in [0.4, 0.5) is 5.69 Å². The molecule has 0 saturated carbocycles. The zero-order chi connectivity index (χ0) is 25.3. The first-order valence-corrected chi connectivity index (χ1v) is 12.7. The minimum absolute atomic E-state index is 0.922. The zero-order valence-corrected chi connectivity index (χ0v) is 22.3. The Kier molecular flexibility index (Phi) is 14.2. The van der Waals surface area contributed by atoms with Gasteiger partial charge in [-0.1, -0.05) is 118 Å². The maximum atomic E-state index is 4.05. The highest BCUT2D eigenvalue weighted by Gasteiger charge is 2.02. The number of allylic oxidation sites excluding steroid dienone is 2. The molecular weight excluding hydrogens is 410 g/mol. The summed E-state index contributed by atoms with van der Waals surface area (Å²) in [6, 6.07) is 21.0. The molecule has 3 rings (SSSR count). The Labute approximate surface area is 209 Å². The van der Waals surface area contributed by atoms with Gasteiger partial charge in [-0.05, 0) is 69.0 Å². The number of unbranched alkanes of at least 4 members (excludes halogenated alkanes) is 4. The van der Waals surface area contributed by atoms with Crippen molar-refractivity contribution < 1.29 is 0 Å². The predicted molar refractivity (Wildman–Crippen MR) is 157 cm³/mol. The molecule has 0 aromatic heterocycles. The summed E-state index contributed by atoms with van der Waals surface area (Å²) in [7, 11) is 0. The Hall–Kier alpha value is -2.93. The van der Waals surface area contributed by atoms with E-state index in [0.717, 1.165) is 35.1 Å². The second-order valence-electron chi connectivity index (χ2n) is 9.16. The molecule has 182 valence electrons. The van der Waals surface area contributed by atoms with E-state index in [0.29, 0.717) is 0 Å². The van der Waals surface area contributed by atoms with Crippen LogP contribution in [0.25, 0.3) is 16.3 Å². The first-order valence-electron chi connectivity index (χ1n) is 12.7. The molecule has 0 unspecified atom stereocenters. The molecule has 0 aliphatic rings. The third kappa shape index (κ3) is 11.3. The average Bonchev–Trinajstić information content (AvgIpc) is 2.84. The summed E-state index contributed by atoms with van der Waals surface area (Å²) in [5.41, 5.74) is 7.08. The lowest BCUT2D eigenvalue weighted by atomic mass is 10.0. The normalized spacial score (nSPS) is 9.91. The Balaban J connectivity index is 0.000000274. The fourth-order valence-corrected chi connectivity index (χ4v) is 3.46. The van der Waals surface area contributed by atoms with Gasteiger partial charge < -0.3 is 0 Å². The fourth-order valence-electron chi connectivity index (χ4n) is 3.46. The smallest absolute Gasteiger partial charge is 0.0706 e. The van der Waals surface area contributed by atoms with Gasteiger partial charge in [0.2, 0.25) is 0 Å². The van der Waals surface area contributed by atoms with Crippen molar-refractivity contribution >= 4 is 28.8 Å². The van der Waals surface area contributed by atoms with Crippen molar-refractivity contribution in [3.8, 4) is 0 Å². The predicted octanol–water partition coefficient (Wildman–Crippen LogP) is 10.7. The molecule has 3 aromatic carbocycles. The van der Waals surface area contributed by atoms with Crippen LogP contribution in [0.1, 0.15) is 82.9 Å². The molecule has 34 heavy (non-hydrogen) atoms. The molecule has 0 heterocycles. The van der Waals surface area contributed by atoms with Crippen LogP contribution in [0.15, 0.2) is 84.4 Å². The Morgan fingerprint density at radius 2 is 1.44 bits per heavy atom. The number of nitrogens with zero attached hydrogens (tertiary/aromatic N) is 1. The van der Waals surface area contributed by atoms with Gasteiger partial charge in [0.25, 0.3) is 0 Å². The van der Waals surface area contributed by atoms with Crippen LogP contribution in [0.5, 0.6) is 0 Å². The monoisotopic (exact) mass is 455 g/mol. The molecule has 0 spiro atoms. The van der Waals surface area contributed by atoms with E-state index in [-0.39, 0.29) is 0 Å². The number of aryl methyl sites for hydroxylation is 2. The van der Waals surface area contributed by atoms with Crippen molar-refractivity contribution in [2.75, 3.05) is 0 Å². The van der Waals surface area contributed by atoms with Crippen LogP contribution in [0.3, 0.4) is 0 Å². The van der Waals surface area contributed by atoms with E-state index in [9.17, 15) is 0 Å². The molecule has 0 bridgehead atoms. The largest absolute Gasteiger partial charge is 0.264 e. The van der Waals surface area contributed by atoms with Crippen LogP contribution in [0, 0.1) is 6.92 Å². The van der Waals surface area contributed by atoms with Crippen LogP contribution in [0.2, 0.25) is 0 Å². The van der Waals surface area contributed by atoms with Crippen LogP contribution in [-0.4, -0.2) is 6.72 Å². The van der Waals surface area contributed by atoms with E-state index in [2.05, 4.69) is 95.0 Å². The van der Waals surface area contributed by atoms with Crippen LogP contribution < -0.4 is 0 Å². The first kappa shape index (κ1) is 29.1. The summed E-state index contributed by atoms with van der Waals surface area (Å²) in [6.07, 6.45) is 9.23. The lowest BCUT2D eigenvalue weighted by Crippen LogP contribution is -1.85. The molecule has 0 fully saturated rings. The Bertz CT molecular complexity index is 1020. The number of hydrogen-bond acceptors (Lipinski definition) is 1. The number of aliphatic imine (C=N–C) groups is 1. The molecule has 0 aliphatic carbocycles. The number of fused-ring (bicyclic) bond motifs is 1. The second kappa shape index (κ2) is 16.6. The van der Waals surface area contributed by atoms with Gasteiger partial charge in [0.1, 0.15) is 0 Å². The highest BCUT2D eigenvalue weighted by atomic mass is 14.7. The molecule has 0 aliphatic heterocycles. The van der Waals surface area contributed by atoms with E-state index in [4.69, 9.17) is 0 Å². The fraction of sp³-hybridized carbons (Fsp3) is 0.364. The summed E-state index contributed by atoms with van der Waals surface area (Å²) < 4.78 is 0. The first-order chi connectivity index (χ1) is 16.3. The minimum Gasteiger partial charge on any atom is -0.264 e. The van der Waals surface area contributed by atoms with Crippen molar-refractivity contribution in [3.05, 3.63) is 96.1 Å². The summed E-state index contributed by atoms with van der Waals surface area (Å²) in [6.45, 7) is 22.1. The van der Waals surface area contributed by atoms with Crippen molar-refractivity contribution in [2.24, 2.45) is 4.99 Å². The quantitative estimate of drug-likeness (QED) is 0.173. The summed E-state index contributed by atoms with van der Waals surface area (Å²) in [4.78, 5) is 4.05. The van der Waals surface area contributed by atoms with Gasteiger partial charge in [-0.25, -0.2) is 0 Å². The molecule has 0 N–H and O–H groups in total.